The first-order valence-electron chi connectivity index (χ1n) is 36.6. The third-order valence-corrected chi connectivity index (χ3v) is 17.7. The van der Waals surface area contributed by atoms with Crippen LogP contribution in [0.2, 0.25) is 0 Å². The van der Waals surface area contributed by atoms with Crippen molar-refractivity contribution in [1.29, 1.82) is 0 Å². The maximum atomic E-state index is 13.1. The molecule has 0 saturated heterocycles. The number of carbonyl (C=O) groups excluding carboxylic acids is 4. The number of aryl methyl sites for hydroxylation is 3. The quantitative estimate of drug-likeness (QED) is 0.0385. The molecule has 0 radical (unpaired) electrons. The molecule has 8 aromatic carbocycles. The van der Waals surface area contributed by atoms with E-state index in [0.29, 0.717) is 40.3 Å². The molecule has 15 nitrogen and oxygen atoms in total. The number of halogens is 13. The first kappa shape index (κ1) is 86.1. The molecule has 0 bridgehead atoms. The number of Topliss-reactive ketones (excluding diaryl/α,β-unsaturated/α-hetero) is 4. The Morgan fingerprint density at radius 2 is 0.754 bits per heavy atom. The number of alkyl halides is 13. The molecule has 12 aromatic rings. The number of ketones is 4. The number of aromatic nitrogens is 8. The van der Waals surface area contributed by atoms with Gasteiger partial charge in [0, 0.05) is 93.4 Å². The number of nitrogens with zero attached hydrogens (tertiary/aromatic N) is 8. The van der Waals surface area contributed by atoms with Gasteiger partial charge in [-0.25, -0.2) is 9.07 Å². The van der Waals surface area contributed by atoms with Crippen molar-refractivity contribution < 1.29 is 89.7 Å². The molecule has 114 heavy (non-hydrogen) atoms. The highest BCUT2D eigenvalue weighted by molar-refractivity contribution is 5.86. The Morgan fingerprint density at radius 1 is 0.386 bits per heavy atom. The van der Waals surface area contributed by atoms with Crippen LogP contribution >= 0.6 is 0 Å². The number of unbranched alkanes of at least 4 members (excludes halogenated alkanes) is 3. The van der Waals surface area contributed by atoms with Gasteiger partial charge in [-0.2, -0.15) is 57.7 Å². The lowest BCUT2D eigenvalue weighted by Gasteiger charge is -2.12. The number of benzene rings is 8. The monoisotopic (exact) mass is 1580 g/mol. The lowest BCUT2D eigenvalue weighted by molar-refractivity contribution is -0.139. The van der Waals surface area contributed by atoms with Crippen molar-refractivity contribution in [2.75, 3.05) is 0 Å². The summed E-state index contributed by atoms with van der Waals surface area (Å²) in [6, 6.07) is 50.6. The van der Waals surface area contributed by atoms with Gasteiger partial charge >= 0.3 is 24.7 Å². The van der Waals surface area contributed by atoms with Crippen LogP contribution in [-0.2, 0) is 121 Å². The molecule has 4 aromatic heterocycles. The van der Waals surface area contributed by atoms with E-state index in [1.807, 2.05) is 18.2 Å². The fourth-order valence-electron chi connectivity index (χ4n) is 11.9. The van der Waals surface area contributed by atoms with E-state index in [4.69, 9.17) is 13.5 Å². The Hall–Kier alpha value is -11.8. The summed E-state index contributed by atoms with van der Waals surface area (Å²) in [5.41, 5.74) is 3.67. The fraction of sp³-hybridized carbons (Fsp3) is 0.291. The molecule has 12 rings (SSSR count). The lowest BCUT2D eigenvalue weighted by atomic mass is 9.98. The van der Waals surface area contributed by atoms with E-state index in [0.717, 1.165) is 121 Å². The summed E-state index contributed by atoms with van der Waals surface area (Å²) >= 11 is 0. The van der Waals surface area contributed by atoms with Crippen molar-refractivity contribution in [3.05, 3.63) is 296 Å². The third kappa shape index (κ3) is 26.1. The second-order valence-corrected chi connectivity index (χ2v) is 26.7. The molecular formula is C86H79F13N8O7. The number of rotatable bonds is 30. The molecule has 4 heterocycles. The maximum absolute atomic E-state index is 13.1. The molecule has 0 aliphatic carbocycles. The van der Waals surface area contributed by atoms with E-state index >= 15 is 0 Å². The van der Waals surface area contributed by atoms with Gasteiger partial charge in [0.05, 0.1) is 34.1 Å². The number of hydrogen-bond acceptors (Lipinski definition) is 14. The molecule has 0 spiro atoms. The van der Waals surface area contributed by atoms with Crippen molar-refractivity contribution in [3.63, 3.8) is 0 Å². The zero-order valence-electron chi connectivity index (χ0n) is 62.2. The van der Waals surface area contributed by atoms with Gasteiger partial charge in [0.2, 0.25) is 23.5 Å². The van der Waals surface area contributed by atoms with Crippen molar-refractivity contribution in [2.24, 2.45) is 0 Å². The number of carbonyl (C=O) groups is 4. The Morgan fingerprint density at radius 3 is 1.14 bits per heavy atom. The largest absolute Gasteiger partial charge is 0.421 e. The summed E-state index contributed by atoms with van der Waals surface area (Å²) in [5.74, 6) is 1.75. The highest BCUT2D eigenvalue weighted by Crippen LogP contribution is 2.37. The minimum Gasteiger partial charge on any atom is -0.421 e. The van der Waals surface area contributed by atoms with E-state index in [2.05, 4.69) is 56.6 Å². The molecule has 596 valence electrons. The van der Waals surface area contributed by atoms with E-state index in [-0.39, 0.29) is 102 Å². The SMILES string of the molecule is CCCCc1cc(-c2ccc(CC(=O)Cc3ccccc3C(F)(F)F)cc2)no1.CCCCc1nc(-c2ccc(CC(=O)Cc3ccccc3C(F)(F)F)cc2)no1.CCCCc1nnc(-c2ccc(CC(=O)Cc3ccccc3C(F)(F)F)cc2)o1.O=C(Cc1ccc(-n2cc(CF)nn2)cc1)Cc1ccccc1C(F)(F)F. The zero-order chi connectivity index (χ0) is 82.0. The summed E-state index contributed by atoms with van der Waals surface area (Å²) in [6.45, 7) is 5.56. The van der Waals surface area contributed by atoms with E-state index in [9.17, 15) is 76.3 Å². The number of hydrogen-bond donors (Lipinski definition) is 0. The molecule has 0 aliphatic heterocycles. The molecule has 0 amide bonds. The van der Waals surface area contributed by atoms with Crippen LogP contribution in [0, 0.1) is 0 Å². The average Bonchev–Trinajstić information content (AvgIpc) is 1.22. The van der Waals surface area contributed by atoms with Gasteiger partial charge in [0.15, 0.2) is 0 Å². The second kappa shape index (κ2) is 40.6. The van der Waals surface area contributed by atoms with Crippen molar-refractivity contribution in [2.45, 2.75) is 161 Å². The van der Waals surface area contributed by atoms with Gasteiger partial charge in [0.1, 0.15) is 47.0 Å². The van der Waals surface area contributed by atoms with Crippen LogP contribution in [0.15, 0.2) is 220 Å². The predicted octanol–water partition coefficient (Wildman–Crippen LogP) is 21.1. The molecule has 0 aliphatic rings. The van der Waals surface area contributed by atoms with Crippen LogP contribution in [-0.4, -0.2) is 63.6 Å². The van der Waals surface area contributed by atoms with Gasteiger partial charge in [-0.15, -0.1) is 15.3 Å². The van der Waals surface area contributed by atoms with Crippen molar-refractivity contribution in [3.8, 4) is 39.8 Å². The normalized spacial score (nSPS) is 11.6. The van der Waals surface area contributed by atoms with Crippen LogP contribution in [0.25, 0.3) is 39.8 Å². The molecule has 0 N–H and O–H groups in total. The maximum Gasteiger partial charge on any atom is 0.416 e. The second-order valence-electron chi connectivity index (χ2n) is 26.7. The summed E-state index contributed by atoms with van der Waals surface area (Å²) in [5, 5.41) is 23.5. The van der Waals surface area contributed by atoms with Crippen LogP contribution in [0.5, 0.6) is 0 Å². The van der Waals surface area contributed by atoms with Gasteiger partial charge in [-0.3, -0.25) is 19.2 Å². The molecule has 0 unspecified atom stereocenters. The zero-order valence-corrected chi connectivity index (χ0v) is 62.2. The van der Waals surface area contributed by atoms with E-state index in [1.54, 1.807) is 84.9 Å². The first-order chi connectivity index (χ1) is 54.5. The fourth-order valence-corrected chi connectivity index (χ4v) is 11.9. The Bertz CT molecular complexity index is 4710. The van der Waals surface area contributed by atoms with Crippen LogP contribution in [0.4, 0.5) is 57.1 Å². The van der Waals surface area contributed by atoms with E-state index in [1.165, 1.54) is 83.7 Å². The lowest BCUT2D eigenvalue weighted by Crippen LogP contribution is -2.13. The molecule has 0 fully saturated rings. The van der Waals surface area contributed by atoms with Gasteiger partial charge < -0.3 is 13.5 Å². The summed E-state index contributed by atoms with van der Waals surface area (Å²) in [7, 11) is 0. The molecule has 28 heteroatoms. The molecule has 0 saturated carbocycles. The van der Waals surface area contributed by atoms with Gasteiger partial charge in [-0.05, 0) is 112 Å². The highest BCUT2D eigenvalue weighted by Gasteiger charge is 2.36. The predicted molar refractivity (Wildman–Crippen MR) is 399 cm³/mol. The van der Waals surface area contributed by atoms with Crippen LogP contribution in [0.3, 0.4) is 0 Å². The minimum atomic E-state index is -4.49. The first-order valence-corrected chi connectivity index (χ1v) is 36.6. The standard InChI is InChI=1S/C23H22F3NO2.2C22H21F3N2O2.C19H15F4N3O/c1-2-3-7-20-15-22(27-29-20)17-11-9-16(10-12-17)13-19(28)14-18-6-4-5-8-21(18)23(24,25)26;1-2-3-8-20-26-27-21(29-20)16-11-9-15(10-12-16)13-18(28)14-17-6-4-5-7-19(17)22(23,24)25;1-2-3-8-20-26-21(27-29-20)16-11-9-15(10-12-16)13-18(28)14-17-6-4-5-7-19(17)22(23,24)25;20-11-15-12-26(25-24-15)16-7-5-13(6-8-16)9-17(27)10-14-3-1-2-4-18(14)19(21,22)23/h4-6,8-12,15H,2-3,7,13-14H2,1H3;2*4-7,9-12H,2-3,8,13-14H2,1H3;1-8,12H,9-11H2. The van der Waals surface area contributed by atoms with Crippen molar-refractivity contribution in [1.82, 2.24) is 40.5 Å². The van der Waals surface area contributed by atoms with Gasteiger partial charge in [-0.1, -0.05) is 201 Å². The third-order valence-electron chi connectivity index (χ3n) is 17.7. The van der Waals surface area contributed by atoms with Gasteiger partial charge in [0.25, 0.3) is 0 Å². The Kier molecular flexibility index (Phi) is 30.7. The molecule has 0 atom stereocenters. The Labute approximate surface area is 648 Å². The van der Waals surface area contributed by atoms with Crippen molar-refractivity contribution >= 4 is 23.1 Å². The molecular weight excluding hydrogens is 1500 g/mol. The minimum absolute atomic E-state index is 0.00354. The highest BCUT2D eigenvalue weighted by atomic mass is 19.4. The topological polar surface area (TPSA) is 203 Å². The van der Waals surface area contributed by atoms with E-state index < -0.39 is 53.6 Å². The Balaban J connectivity index is 0.000000174. The van der Waals surface area contributed by atoms with Crippen LogP contribution < -0.4 is 0 Å². The van der Waals surface area contributed by atoms with Crippen LogP contribution in [0.1, 0.15) is 149 Å². The summed E-state index contributed by atoms with van der Waals surface area (Å²) in [6.07, 6.45) is -8.88. The smallest absolute Gasteiger partial charge is 0.416 e. The average molecular weight is 1580 g/mol. The summed E-state index contributed by atoms with van der Waals surface area (Å²) in [4.78, 5) is 53.5. The summed E-state index contributed by atoms with van der Waals surface area (Å²) < 4.78 is 187.